The van der Waals surface area contributed by atoms with E-state index in [1.165, 1.54) is 0 Å². The number of rotatable bonds is 7. The van der Waals surface area contributed by atoms with Gasteiger partial charge in [-0.25, -0.2) is 4.79 Å². The van der Waals surface area contributed by atoms with Crippen molar-refractivity contribution in [2.75, 3.05) is 33.5 Å². The van der Waals surface area contributed by atoms with E-state index >= 15 is 0 Å². The number of methoxy groups -OCH3 is 1. The SMILES string of the molecule is COCCOCC(=O)OCC1CCC2(C)OC2C1. The Hall–Kier alpha value is -0.650. The normalized spacial score (nSPS) is 33.9. The zero-order valence-electron chi connectivity index (χ0n) is 11.1. The summed E-state index contributed by atoms with van der Waals surface area (Å²) in [7, 11) is 1.60. The van der Waals surface area contributed by atoms with E-state index in [1.807, 2.05) is 0 Å². The van der Waals surface area contributed by atoms with Gasteiger partial charge >= 0.3 is 5.97 Å². The molecule has 0 N–H and O–H groups in total. The molecule has 2 aliphatic rings. The predicted molar refractivity (Wildman–Crippen MR) is 64.3 cm³/mol. The van der Waals surface area contributed by atoms with Crippen molar-refractivity contribution in [3.05, 3.63) is 0 Å². The van der Waals surface area contributed by atoms with Crippen LogP contribution in [0.1, 0.15) is 26.2 Å². The molecule has 2 fully saturated rings. The number of ether oxygens (including phenoxy) is 4. The van der Waals surface area contributed by atoms with E-state index in [4.69, 9.17) is 18.9 Å². The van der Waals surface area contributed by atoms with Crippen molar-refractivity contribution in [2.24, 2.45) is 5.92 Å². The van der Waals surface area contributed by atoms with Crippen LogP contribution in [0.2, 0.25) is 0 Å². The first-order valence-corrected chi connectivity index (χ1v) is 6.54. The van der Waals surface area contributed by atoms with Crippen molar-refractivity contribution < 1.29 is 23.7 Å². The van der Waals surface area contributed by atoms with Crippen LogP contribution in [0.25, 0.3) is 0 Å². The third-order valence-corrected chi connectivity index (χ3v) is 3.76. The fourth-order valence-corrected chi connectivity index (χ4v) is 2.42. The van der Waals surface area contributed by atoms with E-state index in [1.54, 1.807) is 7.11 Å². The van der Waals surface area contributed by atoms with Gasteiger partial charge in [-0.3, -0.25) is 0 Å². The number of hydrogen-bond donors (Lipinski definition) is 0. The van der Waals surface area contributed by atoms with Gasteiger partial charge in [0.15, 0.2) is 0 Å². The minimum atomic E-state index is -0.295. The van der Waals surface area contributed by atoms with Crippen LogP contribution >= 0.6 is 0 Å². The Morgan fingerprint density at radius 1 is 1.44 bits per heavy atom. The minimum Gasteiger partial charge on any atom is -0.464 e. The summed E-state index contributed by atoms with van der Waals surface area (Å²) in [5.74, 6) is 0.143. The molecule has 2 rings (SSSR count). The van der Waals surface area contributed by atoms with Crippen LogP contribution in [0.3, 0.4) is 0 Å². The summed E-state index contributed by atoms with van der Waals surface area (Å²) >= 11 is 0. The first kappa shape index (κ1) is 13.8. The average molecular weight is 258 g/mol. The predicted octanol–water partition coefficient (Wildman–Crippen LogP) is 1.15. The second-order valence-electron chi connectivity index (χ2n) is 5.29. The molecule has 1 saturated heterocycles. The van der Waals surface area contributed by atoms with Crippen LogP contribution in [-0.4, -0.2) is 51.2 Å². The maximum absolute atomic E-state index is 11.4. The van der Waals surface area contributed by atoms with Crippen LogP contribution in [0.15, 0.2) is 0 Å². The molecule has 3 atom stereocenters. The molecule has 1 aliphatic heterocycles. The van der Waals surface area contributed by atoms with Crippen molar-refractivity contribution in [1.82, 2.24) is 0 Å². The average Bonchev–Trinajstić information content (AvgIpc) is 3.03. The van der Waals surface area contributed by atoms with Crippen molar-refractivity contribution in [3.8, 4) is 0 Å². The molecule has 5 nitrogen and oxygen atoms in total. The van der Waals surface area contributed by atoms with E-state index in [9.17, 15) is 4.79 Å². The van der Waals surface area contributed by atoms with Crippen molar-refractivity contribution in [2.45, 2.75) is 37.9 Å². The molecule has 1 heterocycles. The lowest BCUT2D eigenvalue weighted by molar-refractivity contribution is -0.151. The van der Waals surface area contributed by atoms with Gasteiger partial charge in [0.25, 0.3) is 0 Å². The molecule has 3 unspecified atom stereocenters. The molecule has 18 heavy (non-hydrogen) atoms. The third-order valence-electron chi connectivity index (χ3n) is 3.76. The lowest BCUT2D eigenvalue weighted by Crippen LogP contribution is -2.26. The summed E-state index contributed by atoms with van der Waals surface area (Å²) in [4.78, 5) is 11.4. The number of carbonyl (C=O) groups is 1. The lowest BCUT2D eigenvalue weighted by atomic mass is 9.83. The van der Waals surface area contributed by atoms with Gasteiger partial charge in [-0.2, -0.15) is 0 Å². The van der Waals surface area contributed by atoms with Crippen LogP contribution in [0, 0.1) is 5.92 Å². The Labute approximate surface area is 108 Å². The van der Waals surface area contributed by atoms with Gasteiger partial charge in [0.05, 0.1) is 31.5 Å². The van der Waals surface area contributed by atoms with Gasteiger partial charge in [-0.15, -0.1) is 0 Å². The molecule has 0 spiro atoms. The molecule has 0 aromatic rings. The largest absolute Gasteiger partial charge is 0.464 e. The number of epoxide rings is 1. The zero-order chi connectivity index (χ0) is 13.0. The van der Waals surface area contributed by atoms with Gasteiger partial charge < -0.3 is 18.9 Å². The van der Waals surface area contributed by atoms with Crippen molar-refractivity contribution >= 4 is 5.97 Å². The number of esters is 1. The monoisotopic (exact) mass is 258 g/mol. The van der Waals surface area contributed by atoms with Crippen molar-refractivity contribution in [3.63, 3.8) is 0 Å². The molecule has 0 aromatic carbocycles. The molecule has 0 bridgehead atoms. The summed E-state index contributed by atoms with van der Waals surface area (Å²) in [6.45, 7) is 3.57. The topological polar surface area (TPSA) is 57.3 Å². The second kappa shape index (κ2) is 5.99. The van der Waals surface area contributed by atoms with E-state index in [0.29, 0.717) is 31.8 Å². The minimum absolute atomic E-state index is 0.00766. The highest BCUT2D eigenvalue weighted by molar-refractivity contribution is 5.70. The summed E-state index contributed by atoms with van der Waals surface area (Å²) in [6.07, 6.45) is 3.54. The number of hydrogen-bond acceptors (Lipinski definition) is 5. The molecule has 1 aliphatic carbocycles. The quantitative estimate of drug-likeness (QED) is 0.389. The van der Waals surface area contributed by atoms with Crippen LogP contribution < -0.4 is 0 Å². The Kier molecular flexibility index (Phi) is 4.59. The highest BCUT2D eigenvalue weighted by Gasteiger charge is 2.55. The van der Waals surface area contributed by atoms with Gasteiger partial charge in [-0.1, -0.05) is 0 Å². The Bertz CT molecular complexity index is 293. The van der Waals surface area contributed by atoms with Gasteiger partial charge in [0.2, 0.25) is 0 Å². The molecule has 0 amide bonds. The standard InChI is InChI=1S/C13H22O5/c1-13-4-3-10(7-11(13)18-13)8-17-12(14)9-16-6-5-15-2/h10-11H,3-9H2,1-2H3. The van der Waals surface area contributed by atoms with E-state index in [2.05, 4.69) is 6.92 Å². The lowest BCUT2D eigenvalue weighted by Gasteiger charge is -2.21. The molecule has 0 radical (unpaired) electrons. The highest BCUT2D eigenvalue weighted by atomic mass is 16.6. The smallest absolute Gasteiger partial charge is 0.332 e. The first-order valence-electron chi connectivity index (χ1n) is 6.54. The van der Waals surface area contributed by atoms with Crippen molar-refractivity contribution in [1.29, 1.82) is 0 Å². The Balaban J connectivity index is 1.53. The van der Waals surface area contributed by atoms with E-state index in [0.717, 1.165) is 19.3 Å². The first-order chi connectivity index (χ1) is 8.64. The Morgan fingerprint density at radius 2 is 2.28 bits per heavy atom. The molecule has 104 valence electrons. The van der Waals surface area contributed by atoms with Gasteiger partial charge in [0.1, 0.15) is 6.61 Å². The molecular formula is C13H22O5. The second-order valence-corrected chi connectivity index (χ2v) is 5.29. The fraction of sp³-hybridized carbons (Fsp3) is 0.923. The fourth-order valence-electron chi connectivity index (χ4n) is 2.42. The molecule has 5 heteroatoms. The summed E-state index contributed by atoms with van der Waals surface area (Å²) in [6, 6.07) is 0. The van der Waals surface area contributed by atoms with E-state index in [-0.39, 0.29) is 18.2 Å². The number of fused-ring (bicyclic) bond motifs is 1. The zero-order valence-corrected chi connectivity index (χ0v) is 11.1. The molecule has 1 saturated carbocycles. The summed E-state index contributed by atoms with van der Waals surface area (Å²) in [5, 5.41) is 0. The summed E-state index contributed by atoms with van der Waals surface area (Å²) < 4.78 is 20.7. The van der Waals surface area contributed by atoms with E-state index < -0.39 is 0 Å². The van der Waals surface area contributed by atoms with Gasteiger partial charge in [-0.05, 0) is 32.1 Å². The molecular weight excluding hydrogens is 236 g/mol. The maximum Gasteiger partial charge on any atom is 0.332 e. The summed E-state index contributed by atoms with van der Waals surface area (Å²) in [5.41, 5.74) is 0.129. The maximum atomic E-state index is 11.4. The number of carbonyl (C=O) groups excluding carboxylic acids is 1. The molecule has 0 aromatic heterocycles. The van der Waals surface area contributed by atoms with Crippen LogP contribution in [0.5, 0.6) is 0 Å². The third kappa shape index (κ3) is 3.67. The highest BCUT2D eigenvalue weighted by Crippen LogP contribution is 2.49. The van der Waals surface area contributed by atoms with Crippen LogP contribution in [-0.2, 0) is 23.7 Å². The van der Waals surface area contributed by atoms with Crippen LogP contribution in [0.4, 0.5) is 0 Å². The Morgan fingerprint density at radius 3 is 3.00 bits per heavy atom. The van der Waals surface area contributed by atoms with Gasteiger partial charge in [0, 0.05) is 7.11 Å².